The summed E-state index contributed by atoms with van der Waals surface area (Å²) < 4.78 is -0.738. The zero-order chi connectivity index (χ0) is 31.0. The summed E-state index contributed by atoms with van der Waals surface area (Å²) in [7, 11) is 0. The first kappa shape index (κ1) is 32.3. The number of benzene rings is 1. The molecule has 3 amide bonds. The number of carbonyl (C=O) groups is 3. The van der Waals surface area contributed by atoms with Crippen molar-refractivity contribution < 1.29 is 19.5 Å². The van der Waals surface area contributed by atoms with E-state index in [9.17, 15) is 19.5 Å². The number of nitrogens with zero attached hydrogens (tertiary/aromatic N) is 3. The van der Waals surface area contributed by atoms with Gasteiger partial charge in [0.05, 0.1) is 23.2 Å². The molecule has 3 unspecified atom stereocenters. The zero-order valence-corrected chi connectivity index (χ0v) is 27.0. The van der Waals surface area contributed by atoms with E-state index in [0.29, 0.717) is 19.6 Å². The molecule has 1 aromatic rings. The molecular formula is C34H49N3O4S. The summed E-state index contributed by atoms with van der Waals surface area (Å²) in [6, 6.07) is 9.09. The lowest BCUT2D eigenvalue weighted by atomic mass is 9.65. The molecule has 6 atom stereocenters. The average molecular weight is 596 g/mol. The summed E-state index contributed by atoms with van der Waals surface area (Å²) in [5.74, 6) is -1.46. The Morgan fingerprint density at radius 1 is 1.10 bits per heavy atom. The summed E-state index contributed by atoms with van der Waals surface area (Å²) in [4.78, 5) is 48.8. The van der Waals surface area contributed by atoms with Crippen LogP contribution in [0.4, 0.5) is 0 Å². The zero-order valence-electron chi connectivity index (χ0n) is 26.2. The molecular weight excluding hydrogens is 546 g/mol. The molecule has 7 nitrogen and oxygen atoms in total. The monoisotopic (exact) mass is 595 g/mol. The molecule has 1 N–H and O–H groups in total. The van der Waals surface area contributed by atoms with Crippen molar-refractivity contribution in [2.45, 2.75) is 82.5 Å². The van der Waals surface area contributed by atoms with Crippen LogP contribution in [0.2, 0.25) is 0 Å². The number of likely N-dealkylation sites (tertiary alicyclic amines) is 1. The third-order valence-corrected chi connectivity index (χ3v) is 11.3. The van der Waals surface area contributed by atoms with Crippen LogP contribution >= 0.6 is 11.8 Å². The van der Waals surface area contributed by atoms with E-state index < -0.39 is 28.2 Å². The number of β-amino-alcohol motifs (C(OH)–C–C–N with tert-alkyl or cyclic N) is 1. The van der Waals surface area contributed by atoms with Crippen molar-refractivity contribution in [3.8, 4) is 0 Å². The standard InChI is InChI=1S/C34H49N3O4S/c1-9-16-35(21-24-14-12-11-13-15-24)29(39)26-25-20-23(3)34(42-25)27(26)30(40)36(18-19-38)28(34)31(41)37(17-10-2)33(7,8)22-32(4,5)6/h9-15,23,25-28,38H,1-2,16-22H2,3-8H3/t23?,25-,26+,27-,28?,34?/m0/s1. The van der Waals surface area contributed by atoms with Gasteiger partial charge in [-0.1, -0.05) is 70.2 Å². The van der Waals surface area contributed by atoms with Gasteiger partial charge < -0.3 is 19.8 Å². The Morgan fingerprint density at radius 2 is 1.74 bits per heavy atom. The first-order valence-corrected chi connectivity index (χ1v) is 16.1. The van der Waals surface area contributed by atoms with Crippen molar-refractivity contribution in [1.29, 1.82) is 0 Å². The largest absolute Gasteiger partial charge is 0.395 e. The van der Waals surface area contributed by atoms with Gasteiger partial charge in [0.25, 0.3) is 0 Å². The van der Waals surface area contributed by atoms with Crippen LogP contribution in [0.3, 0.4) is 0 Å². The van der Waals surface area contributed by atoms with Crippen LogP contribution in [0.5, 0.6) is 0 Å². The second kappa shape index (κ2) is 12.2. The molecule has 1 aromatic carbocycles. The molecule has 3 fully saturated rings. The highest BCUT2D eigenvalue weighted by molar-refractivity contribution is 8.02. The van der Waals surface area contributed by atoms with Gasteiger partial charge in [0.2, 0.25) is 17.7 Å². The predicted octanol–water partition coefficient (Wildman–Crippen LogP) is 4.76. The molecule has 3 aliphatic heterocycles. The van der Waals surface area contributed by atoms with Gasteiger partial charge in [0, 0.05) is 37.0 Å². The minimum atomic E-state index is -0.758. The second-order valence-electron chi connectivity index (χ2n) is 14.1. The number of rotatable bonds is 12. The third kappa shape index (κ3) is 5.69. The second-order valence-corrected chi connectivity index (χ2v) is 15.6. The van der Waals surface area contributed by atoms with E-state index in [2.05, 4.69) is 54.7 Å². The van der Waals surface area contributed by atoms with Crippen molar-refractivity contribution >= 4 is 29.5 Å². The number of thioether (sulfide) groups is 1. The van der Waals surface area contributed by atoms with Gasteiger partial charge in [-0.05, 0) is 43.6 Å². The van der Waals surface area contributed by atoms with Crippen LogP contribution in [0.15, 0.2) is 55.6 Å². The van der Waals surface area contributed by atoms with E-state index in [0.717, 1.165) is 18.4 Å². The summed E-state index contributed by atoms with van der Waals surface area (Å²) in [5.41, 5.74) is 0.488. The van der Waals surface area contributed by atoms with Crippen LogP contribution in [0.1, 0.15) is 59.9 Å². The Morgan fingerprint density at radius 3 is 2.31 bits per heavy atom. The maximum atomic E-state index is 14.8. The third-order valence-electron chi connectivity index (χ3n) is 9.25. The first-order chi connectivity index (χ1) is 19.7. The lowest BCUT2D eigenvalue weighted by molar-refractivity contribution is -0.147. The quantitative estimate of drug-likeness (QED) is 0.353. The van der Waals surface area contributed by atoms with E-state index in [1.165, 1.54) is 0 Å². The van der Waals surface area contributed by atoms with Crippen molar-refractivity contribution in [2.75, 3.05) is 26.2 Å². The van der Waals surface area contributed by atoms with Crippen LogP contribution < -0.4 is 0 Å². The van der Waals surface area contributed by atoms with Crippen LogP contribution in [-0.4, -0.2) is 85.3 Å². The van der Waals surface area contributed by atoms with E-state index in [4.69, 9.17) is 0 Å². The van der Waals surface area contributed by atoms with Gasteiger partial charge in [0.1, 0.15) is 6.04 Å². The Bertz CT molecular complexity index is 1190. The topological polar surface area (TPSA) is 81.2 Å². The van der Waals surface area contributed by atoms with Gasteiger partial charge >= 0.3 is 0 Å². The first-order valence-electron chi connectivity index (χ1n) is 15.2. The van der Waals surface area contributed by atoms with Gasteiger partial charge in [-0.25, -0.2) is 0 Å². The lowest BCUT2D eigenvalue weighted by Crippen LogP contribution is -2.61. The maximum Gasteiger partial charge on any atom is 0.247 e. The highest BCUT2D eigenvalue weighted by Crippen LogP contribution is 2.69. The Hall–Kier alpha value is -2.58. The number of aliphatic hydroxyl groups excluding tert-OH is 1. The molecule has 230 valence electrons. The fourth-order valence-corrected chi connectivity index (χ4v) is 10.5. The summed E-state index contributed by atoms with van der Waals surface area (Å²) in [6.45, 7) is 21.6. The molecule has 8 heteroatoms. The Kier molecular flexibility index (Phi) is 9.39. The molecule has 1 spiro atoms. The fourth-order valence-electron chi connectivity index (χ4n) is 8.14. The molecule has 0 radical (unpaired) electrons. The van der Waals surface area contributed by atoms with Gasteiger partial charge in [-0.2, -0.15) is 0 Å². The van der Waals surface area contributed by atoms with Gasteiger partial charge in [0.15, 0.2) is 0 Å². The maximum absolute atomic E-state index is 14.8. The summed E-state index contributed by atoms with van der Waals surface area (Å²) in [5, 5.41) is 10.0. The molecule has 0 aliphatic carbocycles. The molecule has 3 saturated heterocycles. The van der Waals surface area contributed by atoms with E-state index in [-0.39, 0.29) is 47.5 Å². The Balaban J connectivity index is 1.75. The normalized spacial score (nSPS) is 28.5. The SMILES string of the molecule is C=CCN(Cc1ccccc1)C(=O)[C@@H]1[C@@H]2CC(C)C3(S2)C(C(=O)N(CC=C)C(C)(C)CC(C)(C)C)N(CCO)C(=O)[C@H]13. The number of amides is 3. The minimum absolute atomic E-state index is 0.0287. The number of hydrogen-bond donors (Lipinski definition) is 1. The highest BCUT2D eigenvalue weighted by atomic mass is 32.2. The average Bonchev–Trinajstić information content (AvgIpc) is 3.49. The van der Waals surface area contributed by atoms with Gasteiger partial charge in [-0.3, -0.25) is 14.4 Å². The van der Waals surface area contributed by atoms with E-state index in [1.807, 2.05) is 35.2 Å². The molecule has 3 heterocycles. The van der Waals surface area contributed by atoms with Crippen LogP contribution in [0, 0.1) is 23.2 Å². The number of fused-ring (bicyclic) bond motifs is 1. The minimum Gasteiger partial charge on any atom is -0.395 e. The van der Waals surface area contributed by atoms with Crippen molar-refractivity contribution in [1.82, 2.24) is 14.7 Å². The number of hydrogen-bond acceptors (Lipinski definition) is 5. The van der Waals surface area contributed by atoms with Crippen molar-refractivity contribution in [3.63, 3.8) is 0 Å². The predicted molar refractivity (Wildman–Crippen MR) is 170 cm³/mol. The Labute approximate surface area is 256 Å². The highest BCUT2D eigenvalue weighted by Gasteiger charge is 2.76. The molecule has 2 bridgehead atoms. The molecule has 42 heavy (non-hydrogen) atoms. The van der Waals surface area contributed by atoms with Crippen molar-refractivity contribution in [3.05, 3.63) is 61.2 Å². The van der Waals surface area contributed by atoms with Crippen molar-refractivity contribution in [2.24, 2.45) is 23.2 Å². The summed E-state index contributed by atoms with van der Waals surface area (Å²) in [6.07, 6.45) is 5.00. The van der Waals surface area contributed by atoms with Crippen LogP contribution in [-0.2, 0) is 20.9 Å². The molecule has 0 saturated carbocycles. The lowest BCUT2D eigenvalue weighted by Gasteiger charge is -2.47. The van der Waals surface area contributed by atoms with E-state index in [1.54, 1.807) is 33.7 Å². The fraction of sp³-hybridized carbons (Fsp3) is 0.618. The van der Waals surface area contributed by atoms with E-state index >= 15 is 0 Å². The smallest absolute Gasteiger partial charge is 0.247 e. The molecule has 0 aromatic heterocycles. The molecule has 3 aliphatic rings. The van der Waals surface area contributed by atoms with Gasteiger partial charge in [-0.15, -0.1) is 24.9 Å². The summed E-state index contributed by atoms with van der Waals surface area (Å²) >= 11 is 1.67. The van der Waals surface area contributed by atoms with Crippen LogP contribution in [0.25, 0.3) is 0 Å². The molecule has 4 rings (SSSR count). The number of aliphatic hydroxyl groups is 1. The number of carbonyl (C=O) groups excluding carboxylic acids is 3.